The zero-order valence-electron chi connectivity index (χ0n) is 14.9. The lowest BCUT2D eigenvalue weighted by atomic mass is 10.2. The first kappa shape index (κ1) is 21.9. The van der Waals surface area contributed by atoms with Gasteiger partial charge in [-0.3, -0.25) is 9.89 Å². The number of nitrogens with zero attached hydrogens (tertiary/aromatic N) is 2. The van der Waals surface area contributed by atoms with Gasteiger partial charge in [-0.15, -0.1) is 24.0 Å². The average molecular weight is 426 g/mol. The van der Waals surface area contributed by atoms with Crippen molar-refractivity contribution in [3.63, 3.8) is 0 Å². The summed E-state index contributed by atoms with van der Waals surface area (Å²) in [5.74, 6) is 0.940. The van der Waals surface area contributed by atoms with Crippen LogP contribution in [0.15, 0.2) is 4.99 Å². The van der Waals surface area contributed by atoms with Crippen molar-refractivity contribution in [1.29, 1.82) is 0 Å². The third kappa shape index (κ3) is 9.15. The summed E-state index contributed by atoms with van der Waals surface area (Å²) < 4.78 is 5.76. The van der Waals surface area contributed by atoms with E-state index in [4.69, 9.17) is 4.74 Å². The molecule has 2 N–H and O–H groups in total. The highest BCUT2D eigenvalue weighted by molar-refractivity contribution is 14.0. The molecule has 5 nitrogen and oxygen atoms in total. The minimum Gasteiger partial charge on any atom is -0.373 e. The molecule has 1 aliphatic rings. The Kier molecular flexibility index (Phi) is 12.3. The fourth-order valence-electron chi connectivity index (χ4n) is 2.61. The highest BCUT2D eigenvalue weighted by Gasteiger charge is 2.21. The molecular weight excluding hydrogens is 391 g/mol. The average Bonchev–Trinajstić information content (AvgIpc) is 2.42. The Morgan fingerprint density at radius 3 is 2.45 bits per heavy atom. The van der Waals surface area contributed by atoms with Gasteiger partial charge in [0.25, 0.3) is 0 Å². The van der Waals surface area contributed by atoms with Gasteiger partial charge in [0, 0.05) is 38.8 Å². The molecule has 0 bridgehead atoms. The summed E-state index contributed by atoms with van der Waals surface area (Å²) in [7, 11) is 0. The number of ether oxygens (including phenoxy) is 1. The summed E-state index contributed by atoms with van der Waals surface area (Å²) in [5, 5.41) is 6.73. The third-order valence-corrected chi connectivity index (χ3v) is 3.74. The van der Waals surface area contributed by atoms with Gasteiger partial charge >= 0.3 is 0 Å². The van der Waals surface area contributed by atoms with Crippen LogP contribution in [0.25, 0.3) is 0 Å². The number of morpholine rings is 1. The Bertz CT molecular complexity index is 305. The Hall–Kier alpha value is -0.0800. The number of rotatable bonds is 7. The molecule has 0 aromatic heterocycles. The Labute approximate surface area is 153 Å². The normalized spacial score (nSPS) is 24.5. The van der Waals surface area contributed by atoms with Gasteiger partial charge in [-0.25, -0.2) is 0 Å². The van der Waals surface area contributed by atoms with Gasteiger partial charge in [-0.2, -0.15) is 0 Å². The number of nitrogens with one attached hydrogen (secondary N) is 2. The molecule has 1 rings (SSSR count). The maximum atomic E-state index is 5.76. The van der Waals surface area contributed by atoms with E-state index in [1.54, 1.807) is 0 Å². The van der Waals surface area contributed by atoms with Crippen molar-refractivity contribution in [1.82, 2.24) is 15.5 Å². The maximum Gasteiger partial charge on any atom is 0.191 e. The van der Waals surface area contributed by atoms with Crippen LogP contribution in [-0.2, 0) is 4.74 Å². The topological polar surface area (TPSA) is 48.9 Å². The summed E-state index contributed by atoms with van der Waals surface area (Å²) in [6.45, 7) is 15.7. The highest BCUT2D eigenvalue weighted by Crippen LogP contribution is 2.10. The number of aliphatic imine (C=N–C) groups is 1. The van der Waals surface area contributed by atoms with Crippen LogP contribution in [0, 0.1) is 0 Å². The fraction of sp³-hybridized carbons (Fsp3) is 0.938. The summed E-state index contributed by atoms with van der Waals surface area (Å²) in [4.78, 5) is 7.15. The van der Waals surface area contributed by atoms with Crippen LogP contribution >= 0.6 is 24.0 Å². The van der Waals surface area contributed by atoms with E-state index in [1.165, 1.54) is 0 Å². The van der Waals surface area contributed by atoms with Crippen molar-refractivity contribution >= 4 is 29.9 Å². The second kappa shape index (κ2) is 12.4. The Morgan fingerprint density at radius 2 is 1.91 bits per heavy atom. The fourth-order valence-corrected chi connectivity index (χ4v) is 2.61. The van der Waals surface area contributed by atoms with Gasteiger partial charge in [-0.1, -0.05) is 6.92 Å². The molecule has 3 atom stereocenters. The molecule has 132 valence electrons. The van der Waals surface area contributed by atoms with Crippen LogP contribution < -0.4 is 10.6 Å². The number of hydrogen-bond donors (Lipinski definition) is 2. The molecule has 3 unspecified atom stereocenters. The largest absolute Gasteiger partial charge is 0.373 e. The van der Waals surface area contributed by atoms with Crippen LogP contribution in [-0.4, -0.2) is 61.8 Å². The van der Waals surface area contributed by atoms with Crippen molar-refractivity contribution in [3.8, 4) is 0 Å². The zero-order chi connectivity index (χ0) is 15.7. The minimum atomic E-state index is 0. The highest BCUT2D eigenvalue weighted by atomic mass is 127. The summed E-state index contributed by atoms with van der Waals surface area (Å²) >= 11 is 0. The van der Waals surface area contributed by atoms with Crippen LogP contribution in [0.4, 0.5) is 0 Å². The van der Waals surface area contributed by atoms with Gasteiger partial charge in [0.05, 0.1) is 12.2 Å². The molecule has 0 spiro atoms. The SMILES string of the molecule is CCNC(=NCCCN1CC(C)OC(C)C1)NC(C)CC.I. The van der Waals surface area contributed by atoms with Crippen LogP contribution in [0.5, 0.6) is 0 Å². The number of halogens is 1. The molecule has 6 heteroatoms. The lowest BCUT2D eigenvalue weighted by Gasteiger charge is -2.35. The van der Waals surface area contributed by atoms with Crippen molar-refractivity contribution in [3.05, 3.63) is 0 Å². The van der Waals surface area contributed by atoms with E-state index >= 15 is 0 Å². The van der Waals surface area contributed by atoms with E-state index in [9.17, 15) is 0 Å². The predicted octanol–water partition coefficient (Wildman–Crippen LogP) is 2.46. The molecule has 0 radical (unpaired) electrons. The Balaban J connectivity index is 0.00000441. The molecule has 1 heterocycles. The summed E-state index contributed by atoms with van der Waals surface area (Å²) in [5.41, 5.74) is 0. The Morgan fingerprint density at radius 1 is 1.27 bits per heavy atom. The minimum absolute atomic E-state index is 0. The van der Waals surface area contributed by atoms with Crippen LogP contribution in [0.2, 0.25) is 0 Å². The molecule has 1 aliphatic heterocycles. The smallest absolute Gasteiger partial charge is 0.191 e. The first-order valence-electron chi connectivity index (χ1n) is 8.47. The van der Waals surface area contributed by atoms with E-state index in [1.807, 2.05) is 0 Å². The number of guanidine groups is 1. The quantitative estimate of drug-likeness (QED) is 0.284. The van der Waals surface area contributed by atoms with Gasteiger partial charge < -0.3 is 15.4 Å². The molecule has 0 saturated carbocycles. The maximum absolute atomic E-state index is 5.76. The molecular formula is C16H35IN4O. The van der Waals surface area contributed by atoms with Gasteiger partial charge in [-0.05, 0) is 40.5 Å². The monoisotopic (exact) mass is 426 g/mol. The van der Waals surface area contributed by atoms with E-state index in [0.717, 1.165) is 51.5 Å². The molecule has 0 aliphatic carbocycles. The van der Waals surface area contributed by atoms with Gasteiger partial charge in [0.2, 0.25) is 0 Å². The third-order valence-electron chi connectivity index (χ3n) is 3.74. The van der Waals surface area contributed by atoms with E-state index < -0.39 is 0 Å². The van der Waals surface area contributed by atoms with Crippen LogP contribution in [0.3, 0.4) is 0 Å². The second-order valence-corrected chi connectivity index (χ2v) is 6.08. The van der Waals surface area contributed by atoms with E-state index in [0.29, 0.717) is 18.2 Å². The predicted molar refractivity (Wildman–Crippen MR) is 105 cm³/mol. The molecule has 0 amide bonds. The molecule has 1 saturated heterocycles. The molecule has 1 fully saturated rings. The second-order valence-electron chi connectivity index (χ2n) is 6.08. The molecule has 0 aromatic carbocycles. The van der Waals surface area contributed by atoms with E-state index in [-0.39, 0.29) is 24.0 Å². The van der Waals surface area contributed by atoms with Gasteiger partial charge in [0.15, 0.2) is 5.96 Å². The van der Waals surface area contributed by atoms with E-state index in [2.05, 4.69) is 55.1 Å². The van der Waals surface area contributed by atoms with Crippen molar-refractivity contribution in [2.75, 3.05) is 32.7 Å². The lowest BCUT2D eigenvalue weighted by Crippen LogP contribution is -2.45. The molecule has 0 aromatic rings. The van der Waals surface area contributed by atoms with Crippen molar-refractivity contribution in [2.24, 2.45) is 4.99 Å². The lowest BCUT2D eigenvalue weighted by molar-refractivity contribution is -0.0679. The first-order chi connectivity index (χ1) is 10.0. The summed E-state index contributed by atoms with van der Waals surface area (Å²) in [6, 6.07) is 0.462. The van der Waals surface area contributed by atoms with Gasteiger partial charge in [0.1, 0.15) is 0 Å². The standard InChI is InChI=1S/C16H34N4O.HI/c1-6-13(3)19-16(17-7-2)18-9-8-10-20-11-14(4)21-15(5)12-20;/h13-15H,6-12H2,1-5H3,(H2,17,18,19);1H. The number of hydrogen-bond acceptors (Lipinski definition) is 3. The molecule has 22 heavy (non-hydrogen) atoms. The van der Waals surface area contributed by atoms with Crippen molar-refractivity contribution in [2.45, 2.75) is 65.7 Å². The van der Waals surface area contributed by atoms with Crippen molar-refractivity contribution < 1.29 is 4.74 Å². The first-order valence-corrected chi connectivity index (χ1v) is 8.47. The summed E-state index contributed by atoms with van der Waals surface area (Å²) in [6.07, 6.45) is 2.90. The zero-order valence-corrected chi connectivity index (χ0v) is 17.2. The van der Waals surface area contributed by atoms with Crippen LogP contribution in [0.1, 0.15) is 47.5 Å².